The van der Waals surface area contributed by atoms with E-state index < -0.39 is 0 Å². The maximum Gasteiger partial charge on any atom is 0.255 e. The number of carbonyl (C=O) groups is 1. The smallest absolute Gasteiger partial charge is 0.255 e. The molecule has 0 radical (unpaired) electrons. The van der Waals surface area contributed by atoms with Crippen molar-refractivity contribution in [2.24, 2.45) is 0 Å². The first-order valence-corrected chi connectivity index (χ1v) is 9.39. The van der Waals surface area contributed by atoms with E-state index in [1.807, 2.05) is 75.5 Å². The molecule has 0 bridgehead atoms. The molecule has 0 fully saturated rings. The lowest BCUT2D eigenvalue weighted by Gasteiger charge is -2.09. The van der Waals surface area contributed by atoms with Crippen LogP contribution in [0, 0.1) is 20.8 Å². The van der Waals surface area contributed by atoms with E-state index in [4.69, 9.17) is 0 Å². The van der Waals surface area contributed by atoms with Gasteiger partial charge >= 0.3 is 0 Å². The minimum Gasteiger partial charge on any atom is -0.344 e. The van der Waals surface area contributed by atoms with E-state index in [0.717, 1.165) is 34.0 Å². The summed E-state index contributed by atoms with van der Waals surface area (Å²) >= 11 is 0. The van der Waals surface area contributed by atoms with Crippen molar-refractivity contribution < 1.29 is 4.79 Å². The number of hydrogen-bond donors (Lipinski definition) is 2. The fraction of sp³-hybridized carbons (Fsp3) is 0.182. The Bertz CT molecular complexity index is 1140. The molecule has 0 saturated heterocycles. The normalized spacial score (nSPS) is 10.9. The van der Waals surface area contributed by atoms with Crippen molar-refractivity contribution in [3.05, 3.63) is 83.1 Å². The van der Waals surface area contributed by atoms with Crippen LogP contribution in [0.1, 0.15) is 33.1 Å². The number of para-hydroxylation sites is 1. The molecule has 7 nitrogen and oxygen atoms in total. The second-order valence-electron chi connectivity index (χ2n) is 7.05. The average Bonchev–Trinajstić information content (AvgIpc) is 3.29. The lowest BCUT2D eigenvalue weighted by molar-refractivity contribution is 0.102. The van der Waals surface area contributed by atoms with Crippen LogP contribution >= 0.6 is 0 Å². The fourth-order valence-corrected chi connectivity index (χ4v) is 3.10. The molecule has 1 amide bonds. The van der Waals surface area contributed by atoms with E-state index >= 15 is 0 Å². The minimum absolute atomic E-state index is 0.149. The molecular formula is C22H22N6O. The van der Waals surface area contributed by atoms with Gasteiger partial charge in [-0.3, -0.25) is 4.79 Å². The molecule has 2 aromatic heterocycles. The first-order valence-electron chi connectivity index (χ1n) is 9.39. The van der Waals surface area contributed by atoms with Crippen LogP contribution < -0.4 is 5.32 Å². The standard InChI is InChI=1S/C22H22N6O/c1-14-9-10-17(11-19(14)22(29)25-18-7-5-4-6-8-18)20-12-28(27-26-20)13-21-23-15(2)16(3)24-21/h4-12H,13H2,1-3H3,(H,23,24)(H,25,29). The third kappa shape index (κ3) is 4.08. The number of nitrogens with one attached hydrogen (secondary N) is 2. The topological polar surface area (TPSA) is 88.5 Å². The first-order chi connectivity index (χ1) is 14.0. The highest BCUT2D eigenvalue weighted by Gasteiger charge is 2.13. The quantitative estimate of drug-likeness (QED) is 0.545. The van der Waals surface area contributed by atoms with Crippen molar-refractivity contribution in [2.75, 3.05) is 5.32 Å². The van der Waals surface area contributed by atoms with Crippen molar-refractivity contribution in [1.82, 2.24) is 25.0 Å². The molecule has 0 atom stereocenters. The zero-order valence-corrected chi connectivity index (χ0v) is 16.6. The monoisotopic (exact) mass is 386 g/mol. The minimum atomic E-state index is -0.149. The fourth-order valence-electron chi connectivity index (χ4n) is 3.10. The van der Waals surface area contributed by atoms with Gasteiger partial charge in [0.25, 0.3) is 5.91 Å². The zero-order valence-electron chi connectivity index (χ0n) is 16.6. The van der Waals surface area contributed by atoms with Crippen molar-refractivity contribution in [3.63, 3.8) is 0 Å². The molecule has 146 valence electrons. The van der Waals surface area contributed by atoms with Gasteiger partial charge in [0.15, 0.2) is 0 Å². The summed E-state index contributed by atoms with van der Waals surface area (Å²) in [6.45, 7) is 6.39. The van der Waals surface area contributed by atoms with E-state index in [1.54, 1.807) is 4.68 Å². The number of amides is 1. The van der Waals surface area contributed by atoms with Gasteiger partial charge in [0.2, 0.25) is 0 Å². The second-order valence-corrected chi connectivity index (χ2v) is 7.05. The number of rotatable bonds is 5. The number of imidazole rings is 1. The number of aromatic nitrogens is 5. The van der Waals surface area contributed by atoms with Crippen LogP contribution in [0.3, 0.4) is 0 Å². The van der Waals surface area contributed by atoms with E-state index in [0.29, 0.717) is 17.8 Å². The number of anilines is 1. The molecular weight excluding hydrogens is 364 g/mol. The van der Waals surface area contributed by atoms with Gasteiger partial charge in [-0.1, -0.05) is 35.5 Å². The van der Waals surface area contributed by atoms with Crippen LogP contribution in [0.15, 0.2) is 54.7 Å². The Hall–Kier alpha value is -3.74. The summed E-state index contributed by atoms with van der Waals surface area (Å²) in [6, 6.07) is 15.1. The Labute approximate surface area is 168 Å². The number of hydrogen-bond acceptors (Lipinski definition) is 4. The molecule has 0 aliphatic rings. The van der Waals surface area contributed by atoms with Gasteiger partial charge in [-0.15, -0.1) is 5.10 Å². The van der Waals surface area contributed by atoms with Crippen LogP contribution in [0.2, 0.25) is 0 Å². The molecule has 2 heterocycles. The summed E-state index contributed by atoms with van der Waals surface area (Å²) in [5.41, 5.74) is 5.85. The van der Waals surface area contributed by atoms with Crippen molar-refractivity contribution in [2.45, 2.75) is 27.3 Å². The second kappa shape index (κ2) is 7.71. The van der Waals surface area contributed by atoms with E-state index in [2.05, 4.69) is 25.6 Å². The molecule has 4 rings (SSSR count). The Morgan fingerprint density at radius 2 is 1.90 bits per heavy atom. The van der Waals surface area contributed by atoms with Crippen LogP contribution in [-0.4, -0.2) is 30.9 Å². The predicted octanol–water partition coefficient (Wildman–Crippen LogP) is 3.89. The Balaban J connectivity index is 1.55. The van der Waals surface area contributed by atoms with Crippen LogP contribution in [-0.2, 0) is 6.54 Å². The highest BCUT2D eigenvalue weighted by atomic mass is 16.1. The number of aryl methyl sites for hydroxylation is 3. The highest BCUT2D eigenvalue weighted by Crippen LogP contribution is 2.21. The van der Waals surface area contributed by atoms with Crippen LogP contribution in [0.4, 0.5) is 5.69 Å². The third-order valence-electron chi connectivity index (χ3n) is 4.84. The van der Waals surface area contributed by atoms with Gasteiger partial charge in [0, 0.05) is 22.5 Å². The van der Waals surface area contributed by atoms with Crippen LogP contribution in [0.25, 0.3) is 11.3 Å². The van der Waals surface area contributed by atoms with Crippen LogP contribution in [0.5, 0.6) is 0 Å². The summed E-state index contributed by atoms with van der Waals surface area (Å²) in [6.07, 6.45) is 1.86. The average molecular weight is 386 g/mol. The molecule has 29 heavy (non-hydrogen) atoms. The summed E-state index contributed by atoms with van der Waals surface area (Å²) < 4.78 is 1.73. The molecule has 0 aliphatic heterocycles. The maximum absolute atomic E-state index is 12.7. The van der Waals surface area contributed by atoms with Crippen molar-refractivity contribution in [3.8, 4) is 11.3 Å². The molecule has 0 saturated carbocycles. The van der Waals surface area contributed by atoms with Gasteiger partial charge in [-0.25, -0.2) is 9.67 Å². The largest absolute Gasteiger partial charge is 0.344 e. The number of nitrogens with zero attached hydrogens (tertiary/aromatic N) is 4. The zero-order chi connectivity index (χ0) is 20.4. The van der Waals surface area contributed by atoms with Gasteiger partial charge in [-0.05, 0) is 44.5 Å². The molecule has 0 unspecified atom stereocenters. The summed E-state index contributed by atoms with van der Waals surface area (Å²) in [5.74, 6) is 0.688. The number of benzene rings is 2. The van der Waals surface area contributed by atoms with E-state index in [9.17, 15) is 4.79 Å². The van der Waals surface area contributed by atoms with Gasteiger partial charge in [0.1, 0.15) is 18.1 Å². The molecule has 4 aromatic rings. The maximum atomic E-state index is 12.7. The number of aromatic amines is 1. The summed E-state index contributed by atoms with van der Waals surface area (Å²) in [7, 11) is 0. The summed E-state index contributed by atoms with van der Waals surface area (Å²) in [5, 5.41) is 11.4. The molecule has 7 heteroatoms. The SMILES string of the molecule is Cc1ccc(-c2cn(Cc3nc(C)c(C)[nH]3)nn2)cc1C(=O)Nc1ccccc1. The van der Waals surface area contributed by atoms with Gasteiger partial charge in [0.05, 0.1) is 11.9 Å². The predicted molar refractivity (Wildman–Crippen MR) is 112 cm³/mol. The Kier molecular flexibility index (Phi) is 4.95. The van der Waals surface area contributed by atoms with Gasteiger partial charge < -0.3 is 10.3 Å². The van der Waals surface area contributed by atoms with Crippen molar-refractivity contribution >= 4 is 11.6 Å². The number of carbonyl (C=O) groups excluding carboxylic acids is 1. The Morgan fingerprint density at radius 1 is 1.10 bits per heavy atom. The first kappa shape index (κ1) is 18.6. The lowest BCUT2D eigenvalue weighted by Crippen LogP contribution is -2.13. The third-order valence-corrected chi connectivity index (χ3v) is 4.84. The van der Waals surface area contributed by atoms with Crippen molar-refractivity contribution in [1.29, 1.82) is 0 Å². The molecule has 0 aliphatic carbocycles. The highest BCUT2D eigenvalue weighted by molar-refractivity contribution is 6.05. The lowest BCUT2D eigenvalue weighted by atomic mass is 10.0. The van der Waals surface area contributed by atoms with Gasteiger partial charge in [-0.2, -0.15) is 0 Å². The number of H-pyrrole nitrogens is 1. The van der Waals surface area contributed by atoms with E-state index in [-0.39, 0.29) is 5.91 Å². The molecule has 0 spiro atoms. The Morgan fingerprint density at radius 3 is 2.62 bits per heavy atom. The molecule has 2 N–H and O–H groups in total. The molecule has 2 aromatic carbocycles. The summed E-state index contributed by atoms with van der Waals surface area (Å²) in [4.78, 5) is 20.5. The van der Waals surface area contributed by atoms with E-state index in [1.165, 1.54) is 0 Å².